The lowest BCUT2D eigenvalue weighted by atomic mass is 10.00. The topological polar surface area (TPSA) is 70.7 Å². The van der Waals surface area contributed by atoms with Gasteiger partial charge in [0.25, 0.3) is 0 Å². The number of nitrogens with zero attached hydrogens (tertiary/aromatic N) is 2. The summed E-state index contributed by atoms with van der Waals surface area (Å²) in [6.45, 7) is 1.97. The zero-order chi connectivity index (χ0) is 24.5. The van der Waals surface area contributed by atoms with Crippen LogP contribution in [0.4, 0.5) is 18.9 Å². The van der Waals surface area contributed by atoms with Gasteiger partial charge in [-0.05, 0) is 48.9 Å². The Morgan fingerprint density at radius 3 is 2.57 bits per heavy atom. The molecule has 0 spiro atoms. The normalized spacial score (nSPS) is 11.1. The van der Waals surface area contributed by atoms with E-state index in [9.17, 15) is 13.6 Å². The summed E-state index contributed by atoms with van der Waals surface area (Å²) in [6, 6.07) is 13.5. The third-order valence-corrected chi connectivity index (χ3v) is 5.71. The van der Waals surface area contributed by atoms with Gasteiger partial charge in [0.15, 0.2) is 5.82 Å². The smallest absolute Gasteiger partial charge is 0.201 e. The summed E-state index contributed by atoms with van der Waals surface area (Å²) in [5.41, 5.74) is 2.70. The molecule has 0 fully saturated rings. The molecule has 0 aliphatic rings. The molecule has 3 heterocycles. The number of carbonyl (C=O) groups is 1. The highest BCUT2D eigenvalue weighted by atomic mass is 19.1. The quantitative estimate of drug-likeness (QED) is 0.289. The molecule has 0 aliphatic carbocycles. The van der Waals surface area contributed by atoms with Gasteiger partial charge in [-0.1, -0.05) is 18.2 Å². The van der Waals surface area contributed by atoms with Crippen LogP contribution in [-0.4, -0.2) is 20.7 Å². The van der Waals surface area contributed by atoms with E-state index >= 15 is 4.39 Å². The molecule has 0 bridgehead atoms. The number of pyridine rings is 2. The first-order valence-electron chi connectivity index (χ1n) is 10.8. The molecule has 2 N–H and O–H groups in total. The summed E-state index contributed by atoms with van der Waals surface area (Å²) in [5.74, 6) is -3.24. The summed E-state index contributed by atoms with van der Waals surface area (Å²) in [6.07, 6.45) is 4.72. The van der Waals surface area contributed by atoms with Crippen LogP contribution < -0.4 is 5.32 Å². The van der Waals surface area contributed by atoms with Crippen LogP contribution in [0.3, 0.4) is 0 Å². The van der Waals surface area contributed by atoms with Crippen molar-refractivity contribution in [2.75, 3.05) is 5.32 Å². The standard InChI is InChI=1S/C27H19F3N4O/c1-15-5-6-17(12-31-15)18-10-20-21(14-34-27(20)33-13-18)26(35)24-22(29)7-8-23(25(24)30)32-11-16-3-2-4-19(28)9-16/h2-10,12-14,32H,11H2,1H3,(H,33,34). The van der Waals surface area contributed by atoms with Crippen molar-refractivity contribution in [1.29, 1.82) is 0 Å². The zero-order valence-corrected chi connectivity index (χ0v) is 18.6. The average Bonchev–Trinajstić information content (AvgIpc) is 3.27. The van der Waals surface area contributed by atoms with E-state index in [-0.39, 0.29) is 17.8 Å². The number of aryl methyl sites for hydroxylation is 1. The van der Waals surface area contributed by atoms with Crippen molar-refractivity contribution in [3.8, 4) is 11.1 Å². The maximum atomic E-state index is 15.3. The molecular weight excluding hydrogens is 453 g/mol. The minimum atomic E-state index is -1.02. The van der Waals surface area contributed by atoms with E-state index < -0.39 is 28.8 Å². The number of rotatable bonds is 6. The van der Waals surface area contributed by atoms with Crippen LogP contribution in [0, 0.1) is 24.4 Å². The second-order valence-corrected chi connectivity index (χ2v) is 8.11. The van der Waals surface area contributed by atoms with E-state index in [2.05, 4.69) is 20.3 Å². The Morgan fingerprint density at radius 2 is 1.80 bits per heavy atom. The second kappa shape index (κ2) is 9.06. The van der Waals surface area contributed by atoms with Gasteiger partial charge < -0.3 is 10.3 Å². The summed E-state index contributed by atoms with van der Waals surface area (Å²) in [5, 5.41) is 3.24. The molecule has 5 aromatic rings. The fourth-order valence-electron chi connectivity index (χ4n) is 3.86. The number of fused-ring (bicyclic) bond motifs is 1. The number of anilines is 1. The van der Waals surface area contributed by atoms with Crippen molar-refractivity contribution in [2.45, 2.75) is 13.5 Å². The number of aromatic amines is 1. The van der Waals surface area contributed by atoms with Crippen molar-refractivity contribution >= 4 is 22.5 Å². The Hall–Kier alpha value is -4.46. The molecule has 174 valence electrons. The molecule has 0 saturated heterocycles. The van der Waals surface area contributed by atoms with E-state index in [0.717, 1.165) is 17.3 Å². The number of carbonyl (C=O) groups excluding carboxylic acids is 1. The van der Waals surface area contributed by atoms with E-state index in [1.165, 1.54) is 30.5 Å². The molecule has 2 aromatic carbocycles. The van der Waals surface area contributed by atoms with E-state index in [1.807, 2.05) is 19.1 Å². The summed E-state index contributed by atoms with van der Waals surface area (Å²) in [7, 11) is 0. The van der Waals surface area contributed by atoms with Crippen LogP contribution in [-0.2, 0) is 6.54 Å². The van der Waals surface area contributed by atoms with Gasteiger partial charge in [-0.3, -0.25) is 9.78 Å². The van der Waals surface area contributed by atoms with Gasteiger partial charge in [0, 0.05) is 52.9 Å². The predicted molar refractivity (Wildman–Crippen MR) is 128 cm³/mol. The summed E-state index contributed by atoms with van der Waals surface area (Å²) < 4.78 is 43.4. The molecule has 0 aliphatic heterocycles. The molecule has 0 radical (unpaired) electrons. The Morgan fingerprint density at radius 1 is 0.971 bits per heavy atom. The molecule has 0 saturated carbocycles. The fraction of sp³-hybridized carbons (Fsp3) is 0.0741. The van der Waals surface area contributed by atoms with Crippen molar-refractivity contribution in [3.63, 3.8) is 0 Å². The number of H-pyrrole nitrogens is 1. The number of hydrogen-bond acceptors (Lipinski definition) is 4. The molecule has 0 unspecified atom stereocenters. The second-order valence-electron chi connectivity index (χ2n) is 8.11. The number of halogens is 3. The molecule has 35 heavy (non-hydrogen) atoms. The van der Waals surface area contributed by atoms with Crippen molar-refractivity contribution < 1.29 is 18.0 Å². The molecule has 8 heteroatoms. The minimum Gasteiger partial charge on any atom is -0.379 e. The molecule has 0 atom stereocenters. The SMILES string of the molecule is Cc1ccc(-c2cnc3[nH]cc(C(=O)c4c(F)ccc(NCc5cccc(F)c5)c4F)c3c2)cn1. The van der Waals surface area contributed by atoms with Gasteiger partial charge >= 0.3 is 0 Å². The van der Waals surface area contributed by atoms with Crippen molar-refractivity contribution in [2.24, 2.45) is 0 Å². The van der Waals surface area contributed by atoms with Crippen LogP contribution in [0.15, 0.2) is 73.2 Å². The molecule has 5 rings (SSSR count). The first-order chi connectivity index (χ1) is 16.9. The Balaban J connectivity index is 1.50. The average molecular weight is 472 g/mol. The third-order valence-electron chi connectivity index (χ3n) is 5.71. The first kappa shape index (κ1) is 22.3. The highest BCUT2D eigenvalue weighted by Crippen LogP contribution is 2.29. The number of hydrogen-bond donors (Lipinski definition) is 2. The number of benzene rings is 2. The van der Waals surface area contributed by atoms with Crippen molar-refractivity contribution in [3.05, 3.63) is 113 Å². The Bertz CT molecular complexity index is 1560. The van der Waals surface area contributed by atoms with E-state index in [4.69, 9.17) is 0 Å². The molecule has 3 aromatic heterocycles. The van der Waals surface area contributed by atoms with Gasteiger partial charge in [-0.2, -0.15) is 0 Å². The van der Waals surface area contributed by atoms with Gasteiger partial charge in [0.05, 0.1) is 11.3 Å². The lowest BCUT2D eigenvalue weighted by Gasteiger charge is -2.11. The lowest BCUT2D eigenvalue weighted by Crippen LogP contribution is -2.11. The van der Waals surface area contributed by atoms with Gasteiger partial charge in [0.2, 0.25) is 5.78 Å². The fourth-order valence-corrected chi connectivity index (χ4v) is 3.86. The van der Waals surface area contributed by atoms with Crippen LogP contribution in [0.5, 0.6) is 0 Å². The monoisotopic (exact) mass is 472 g/mol. The largest absolute Gasteiger partial charge is 0.379 e. The van der Waals surface area contributed by atoms with Crippen LogP contribution in [0.25, 0.3) is 22.2 Å². The highest BCUT2D eigenvalue weighted by molar-refractivity contribution is 6.16. The maximum Gasteiger partial charge on any atom is 0.201 e. The predicted octanol–water partition coefficient (Wildman–Crippen LogP) is 6.19. The number of ketones is 1. The highest BCUT2D eigenvalue weighted by Gasteiger charge is 2.24. The van der Waals surface area contributed by atoms with Gasteiger partial charge in [-0.15, -0.1) is 0 Å². The molecule has 0 amide bonds. The van der Waals surface area contributed by atoms with E-state index in [1.54, 1.807) is 24.5 Å². The summed E-state index contributed by atoms with van der Waals surface area (Å²) >= 11 is 0. The first-order valence-corrected chi connectivity index (χ1v) is 10.8. The van der Waals surface area contributed by atoms with Crippen LogP contribution in [0.2, 0.25) is 0 Å². The number of aromatic nitrogens is 3. The molecular formula is C27H19F3N4O. The van der Waals surface area contributed by atoms with Gasteiger partial charge in [0.1, 0.15) is 17.3 Å². The minimum absolute atomic E-state index is 0.0663. The van der Waals surface area contributed by atoms with Gasteiger partial charge in [-0.25, -0.2) is 18.2 Å². The third kappa shape index (κ3) is 4.38. The van der Waals surface area contributed by atoms with Crippen LogP contribution in [0.1, 0.15) is 27.2 Å². The molecule has 5 nitrogen and oxygen atoms in total. The maximum absolute atomic E-state index is 15.3. The Kier molecular flexibility index (Phi) is 5.78. The summed E-state index contributed by atoms with van der Waals surface area (Å²) in [4.78, 5) is 24.8. The van der Waals surface area contributed by atoms with Crippen molar-refractivity contribution in [1.82, 2.24) is 15.0 Å². The van der Waals surface area contributed by atoms with Crippen LogP contribution >= 0.6 is 0 Å². The zero-order valence-electron chi connectivity index (χ0n) is 18.6. The Labute approximate surface area is 198 Å². The van der Waals surface area contributed by atoms with E-state index in [0.29, 0.717) is 22.2 Å². The lowest BCUT2D eigenvalue weighted by molar-refractivity contribution is 0.103. The number of nitrogens with one attached hydrogen (secondary N) is 2.